The van der Waals surface area contributed by atoms with Crippen LogP contribution < -0.4 is 4.90 Å². The Kier molecular flexibility index (Phi) is 4.32. The minimum Gasteiger partial charge on any atom is -0.480 e. The van der Waals surface area contributed by atoms with Crippen LogP contribution in [-0.2, 0) is 11.3 Å². The molecule has 1 heterocycles. The average molecular weight is 288 g/mol. The number of carbonyl (C=O) groups is 2. The van der Waals surface area contributed by atoms with Gasteiger partial charge in [-0.25, -0.2) is 4.68 Å². The van der Waals surface area contributed by atoms with Crippen LogP contribution in [0.25, 0.3) is 0 Å². The third-order valence-electron chi connectivity index (χ3n) is 2.96. The van der Waals surface area contributed by atoms with Gasteiger partial charge in [0.15, 0.2) is 5.69 Å². The molecule has 0 bridgehead atoms. The van der Waals surface area contributed by atoms with E-state index in [1.807, 2.05) is 38.1 Å². The molecule has 0 unspecified atom stereocenters. The Morgan fingerprint density at radius 3 is 2.52 bits per heavy atom. The van der Waals surface area contributed by atoms with Crippen LogP contribution in [0.1, 0.15) is 23.0 Å². The SMILES string of the molecule is CCN(C(=O)c1cn(CC(=O)O)nn1)c1ccc(C)cc1. The fourth-order valence-corrected chi connectivity index (χ4v) is 1.92. The van der Waals surface area contributed by atoms with E-state index < -0.39 is 5.97 Å². The second kappa shape index (κ2) is 6.17. The summed E-state index contributed by atoms with van der Waals surface area (Å²) in [5, 5.41) is 16.1. The number of amides is 1. The van der Waals surface area contributed by atoms with Gasteiger partial charge in [0, 0.05) is 12.2 Å². The molecule has 1 amide bonds. The number of aromatic nitrogens is 3. The molecule has 7 nitrogen and oxygen atoms in total. The van der Waals surface area contributed by atoms with Gasteiger partial charge in [-0.3, -0.25) is 9.59 Å². The molecule has 0 aliphatic rings. The van der Waals surface area contributed by atoms with Crippen molar-refractivity contribution in [3.8, 4) is 0 Å². The molecule has 0 fully saturated rings. The zero-order chi connectivity index (χ0) is 15.4. The van der Waals surface area contributed by atoms with Crippen LogP contribution in [0.5, 0.6) is 0 Å². The summed E-state index contributed by atoms with van der Waals surface area (Å²) in [4.78, 5) is 24.6. The molecule has 0 radical (unpaired) electrons. The van der Waals surface area contributed by atoms with Crippen molar-refractivity contribution in [2.24, 2.45) is 0 Å². The van der Waals surface area contributed by atoms with E-state index in [0.29, 0.717) is 6.54 Å². The number of anilines is 1. The molecule has 0 spiro atoms. The highest BCUT2D eigenvalue weighted by atomic mass is 16.4. The monoisotopic (exact) mass is 288 g/mol. The highest BCUT2D eigenvalue weighted by molar-refractivity contribution is 6.04. The first kappa shape index (κ1) is 14.7. The number of rotatable bonds is 5. The number of carboxylic acids is 1. The molecular formula is C14H16N4O3. The summed E-state index contributed by atoms with van der Waals surface area (Å²) in [7, 11) is 0. The van der Waals surface area contributed by atoms with E-state index in [9.17, 15) is 9.59 Å². The number of aliphatic carboxylic acids is 1. The Bertz CT molecular complexity index is 648. The zero-order valence-electron chi connectivity index (χ0n) is 11.9. The smallest absolute Gasteiger partial charge is 0.325 e. The first-order valence-electron chi connectivity index (χ1n) is 6.51. The number of carbonyl (C=O) groups excluding carboxylic acids is 1. The Morgan fingerprint density at radius 1 is 1.29 bits per heavy atom. The number of aryl methyl sites for hydroxylation is 1. The lowest BCUT2D eigenvalue weighted by molar-refractivity contribution is -0.137. The van der Waals surface area contributed by atoms with Gasteiger partial charge in [0.2, 0.25) is 0 Å². The fraction of sp³-hybridized carbons (Fsp3) is 0.286. The molecule has 7 heteroatoms. The molecule has 1 aromatic carbocycles. The third-order valence-corrected chi connectivity index (χ3v) is 2.96. The van der Waals surface area contributed by atoms with Crippen LogP contribution >= 0.6 is 0 Å². The van der Waals surface area contributed by atoms with Gasteiger partial charge >= 0.3 is 5.97 Å². The first-order chi connectivity index (χ1) is 10.0. The van der Waals surface area contributed by atoms with Crippen LogP contribution in [0.4, 0.5) is 5.69 Å². The Hall–Kier alpha value is -2.70. The van der Waals surface area contributed by atoms with Crippen molar-refractivity contribution in [3.63, 3.8) is 0 Å². The molecular weight excluding hydrogens is 272 g/mol. The van der Waals surface area contributed by atoms with Crippen molar-refractivity contribution in [3.05, 3.63) is 41.7 Å². The zero-order valence-corrected chi connectivity index (χ0v) is 11.9. The largest absolute Gasteiger partial charge is 0.480 e. The molecule has 0 atom stereocenters. The number of carboxylic acid groups (broad SMARTS) is 1. The van der Waals surface area contributed by atoms with Crippen LogP contribution in [-0.4, -0.2) is 38.5 Å². The molecule has 1 aromatic heterocycles. The van der Waals surface area contributed by atoms with Crippen LogP contribution in [0.2, 0.25) is 0 Å². The summed E-state index contributed by atoms with van der Waals surface area (Å²) in [6, 6.07) is 7.57. The summed E-state index contributed by atoms with van der Waals surface area (Å²) in [5.74, 6) is -1.34. The van der Waals surface area contributed by atoms with Crippen LogP contribution in [0, 0.1) is 6.92 Å². The second-order valence-electron chi connectivity index (χ2n) is 4.58. The van der Waals surface area contributed by atoms with E-state index >= 15 is 0 Å². The summed E-state index contributed by atoms with van der Waals surface area (Å²) in [6.45, 7) is 3.99. The van der Waals surface area contributed by atoms with Gasteiger partial charge in [-0.2, -0.15) is 0 Å². The molecule has 21 heavy (non-hydrogen) atoms. The van der Waals surface area contributed by atoms with Crippen molar-refractivity contribution < 1.29 is 14.7 Å². The molecule has 2 aromatic rings. The summed E-state index contributed by atoms with van der Waals surface area (Å²) in [6.07, 6.45) is 1.34. The van der Waals surface area contributed by atoms with Crippen molar-refractivity contribution in [2.75, 3.05) is 11.4 Å². The minimum atomic E-state index is -1.04. The predicted octanol–water partition coefficient (Wildman–Crippen LogP) is 1.34. The Labute approximate surface area is 121 Å². The predicted molar refractivity (Wildman–Crippen MR) is 76.2 cm³/mol. The molecule has 110 valence electrons. The van der Waals surface area contributed by atoms with Crippen LogP contribution in [0.15, 0.2) is 30.5 Å². The van der Waals surface area contributed by atoms with E-state index in [0.717, 1.165) is 15.9 Å². The highest BCUT2D eigenvalue weighted by Crippen LogP contribution is 2.17. The maximum atomic E-state index is 12.4. The summed E-state index contributed by atoms with van der Waals surface area (Å²) >= 11 is 0. The summed E-state index contributed by atoms with van der Waals surface area (Å²) < 4.78 is 1.12. The molecule has 0 saturated heterocycles. The van der Waals surface area contributed by atoms with E-state index in [1.54, 1.807) is 4.90 Å². The van der Waals surface area contributed by atoms with Crippen molar-refractivity contribution in [1.29, 1.82) is 0 Å². The number of hydrogen-bond acceptors (Lipinski definition) is 4. The maximum Gasteiger partial charge on any atom is 0.325 e. The van der Waals surface area contributed by atoms with E-state index in [2.05, 4.69) is 10.3 Å². The van der Waals surface area contributed by atoms with E-state index in [-0.39, 0.29) is 18.1 Å². The van der Waals surface area contributed by atoms with Gasteiger partial charge < -0.3 is 10.0 Å². The second-order valence-corrected chi connectivity index (χ2v) is 4.58. The topological polar surface area (TPSA) is 88.3 Å². The molecule has 0 aliphatic carbocycles. The number of benzene rings is 1. The fourth-order valence-electron chi connectivity index (χ4n) is 1.92. The molecule has 2 rings (SSSR count). The molecule has 1 N–H and O–H groups in total. The van der Waals surface area contributed by atoms with Gasteiger partial charge in [-0.05, 0) is 26.0 Å². The lowest BCUT2D eigenvalue weighted by atomic mass is 10.2. The van der Waals surface area contributed by atoms with Crippen molar-refractivity contribution in [1.82, 2.24) is 15.0 Å². The summed E-state index contributed by atoms with van der Waals surface area (Å²) in [5.41, 5.74) is 1.99. The van der Waals surface area contributed by atoms with Crippen molar-refractivity contribution >= 4 is 17.6 Å². The quantitative estimate of drug-likeness (QED) is 0.896. The van der Waals surface area contributed by atoms with Gasteiger partial charge in [0.25, 0.3) is 5.91 Å². The highest BCUT2D eigenvalue weighted by Gasteiger charge is 2.19. The third kappa shape index (κ3) is 3.44. The molecule has 0 saturated carbocycles. The Balaban J connectivity index is 2.21. The normalized spacial score (nSPS) is 10.4. The number of nitrogens with zero attached hydrogens (tertiary/aromatic N) is 4. The first-order valence-corrected chi connectivity index (χ1v) is 6.51. The van der Waals surface area contributed by atoms with Gasteiger partial charge in [-0.1, -0.05) is 22.9 Å². The lowest BCUT2D eigenvalue weighted by Crippen LogP contribution is -2.30. The standard InChI is InChI=1S/C14H16N4O3/c1-3-18(11-6-4-10(2)5-7-11)14(21)12-8-17(16-15-12)9-13(19)20/h4-8H,3,9H2,1-2H3,(H,19,20). The minimum absolute atomic E-state index is 0.124. The average Bonchev–Trinajstić information content (AvgIpc) is 2.89. The Morgan fingerprint density at radius 2 is 1.95 bits per heavy atom. The van der Waals surface area contributed by atoms with Gasteiger partial charge in [-0.15, -0.1) is 5.10 Å². The number of hydrogen-bond donors (Lipinski definition) is 1. The molecule has 0 aliphatic heterocycles. The van der Waals surface area contributed by atoms with Crippen LogP contribution in [0.3, 0.4) is 0 Å². The lowest BCUT2D eigenvalue weighted by Gasteiger charge is -2.19. The van der Waals surface area contributed by atoms with Crippen molar-refractivity contribution in [2.45, 2.75) is 20.4 Å². The van der Waals surface area contributed by atoms with Gasteiger partial charge in [0.05, 0.1) is 6.20 Å². The van der Waals surface area contributed by atoms with E-state index in [4.69, 9.17) is 5.11 Å². The van der Waals surface area contributed by atoms with E-state index in [1.165, 1.54) is 6.20 Å². The maximum absolute atomic E-state index is 12.4. The van der Waals surface area contributed by atoms with Gasteiger partial charge in [0.1, 0.15) is 6.54 Å².